The lowest BCUT2D eigenvalue weighted by molar-refractivity contribution is 0.0454. The van der Waals surface area contributed by atoms with Gasteiger partial charge >= 0.3 is 0 Å². The number of fused-ring (bicyclic) bond motifs is 2. The minimum atomic E-state index is -0.393. The van der Waals surface area contributed by atoms with E-state index in [0.29, 0.717) is 19.1 Å². The normalized spacial score (nSPS) is 25.4. The van der Waals surface area contributed by atoms with Crippen molar-refractivity contribution in [2.75, 3.05) is 26.3 Å². The summed E-state index contributed by atoms with van der Waals surface area (Å²) in [6.45, 7) is 3.27. The topological polar surface area (TPSA) is 41.9 Å². The number of ether oxygens (including phenoxy) is 2. The molecule has 0 aromatic heterocycles. The minimum absolute atomic E-state index is 0.194. The third-order valence-electron chi connectivity index (χ3n) is 6.26. The van der Waals surface area contributed by atoms with Crippen LogP contribution in [0.4, 0.5) is 0 Å². The van der Waals surface area contributed by atoms with Crippen molar-refractivity contribution < 1.29 is 14.6 Å². The molecule has 0 bridgehead atoms. The summed E-state index contributed by atoms with van der Waals surface area (Å²) >= 11 is 3.53. The van der Waals surface area contributed by atoms with E-state index < -0.39 is 6.10 Å². The summed E-state index contributed by atoms with van der Waals surface area (Å²) in [4.78, 5) is 2.47. The molecule has 2 aliphatic heterocycles. The second-order valence-electron chi connectivity index (χ2n) is 7.74. The summed E-state index contributed by atoms with van der Waals surface area (Å²) in [6, 6.07) is 12.7. The first-order chi connectivity index (χ1) is 13.2. The van der Waals surface area contributed by atoms with Gasteiger partial charge in [-0.25, -0.2) is 0 Å². The lowest BCUT2D eigenvalue weighted by Gasteiger charge is -2.38. The molecule has 0 spiro atoms. The second-order valence-corrected chi connectivity index (χ2v) is 8.66. The zero-order chi connectivity index (χ0) is 18.4. The Morgan fingerprint density at radius 1 is 1.00 bits per heavy atom. The Morgan fingerprint density at radius 2 is 1.81 bits per heavy atom. The van der Waals surface area contributed by atoms with Gasteiger partial charge in [0.2, 0.25) is 0 Å². The number of nitrogens with zero attached hydrogens (tertiary/aromatic N) is 1. The van der Waals surface area contributed by atoms with E-state index in [4.69, 9.17) is 9.47 Å². The van der Waals surface area contributed by atoms with Gasteiger partial charge in [-0.05, 0) is 67.6 Å². The highest BCUT2D eigenvalue weighted by Gasteiger charge is 2.37. The zero-order valence-corrected chi connectivity index (χ0v) is 16.8. The van der Waals surface area contributed by atoms with Crippen LogP contribution in [-0.2, 0) is 6.42 Å². The van der Waals surface area contributed by atoms with Gasteiger partial charge in [-0.2, -0.15) is 0 Å². The number of piperidine rings is 1. The Labute approximate surface area is 168 Å². The van der Waals surface area contributed by atoms with Crippen LogP contribution in [0.25, 0.3) is 0 Å². The molecule has 2 heterocycles. The van der Waals surface area contributed by atoms with Gasteiger partial charge in [0.05, 0.1) is 6.10 Å². The maximum Gasteiger partial charge on any atom is 0.164 e. The molecule has 2 aromatic rings. The molecule has 1 saturated heterocycles. The summed E-state index contributed by atoms with van der Waals surface area (Å²) in [5.41, 5.74) is 3.64. The average molecular weight is 430 g/mol. The fourth-order valence-corrected chi connectivity index (χ4v) is 5.24. The Balaban J connectivity index is 1.29. The van der Waals surface area contributed by atoms with E-state index in [1.165, 1.54) is 11.1 Å². The summed E-state index contributed by atoms with van der Waals surface area (Å²) in [5.74, 6) is 2.32. The molecule has 0 saturated carbocycles. The van der Waals surface area contributed by atoms with Crippen LogP contribution in [0.5, 0.6) is 11.5 Å². The Kier molecular flexibility index (Phi) is 4.62. The number of benzene rings is 2. The number of aliphatic hydroxyl groups excluding tert-OH is 1. The van der Waals surface area contributed by atoms with Crippen LogP contribution in [0.15, 0.2) is 40.9 Å². The van der Waals surface area contributed by atoms with Crippen molar-refractivity contribution in [1.29, 1.82) is 0 Å². The molecule has 1 fully saturated rings. The molecule has 27 heavy (non-hydrogen) atoms. The number of hydrogen-bond donors (Lipinski definition) is 1. The first-order valence-electron chi connectivity index (χ1n) is 9.79. The SMILES string of the molecule is OC1c2cc(Br)ccc2CC1N1CCC(c2cccc3c2OCCO3)CC1. The predicted molar refractivity (Wildman–Crippen MR) is 108 cm³/mol. The van der Waals surface area contributed by atoms with Gasteiger partial charge < -0.3 is 14.6 Å². The molecule has 0 amide bonds. The second kappa shape index (κ2) is 7.12. The van der Waals surface area contributed by atoms with Gasteiger partial charge in [-0.3, -0.25) is 4.90 Å². The fraction of sp³-hybridized carbons (Fsp3) is 0.455. The van der Waals surface area contributed by atoms with E-state index in [-0.39, 0.29) is 6.04 Å². The maximum absolute atomic E-state index is 10.9. The highest BCUT2D eigenvalue weighted by Crippen LogP contribution is 2.43. The highest BCUT2D eigenvalue weighted by molar-refractivity contribution is 9.10. The Hall–Kier alpha value is -1.56. The first-order valence-corrected chi connectivity index (χ1v) is 10.6. The van der Waals surface area contributed by atoms with Gasteiger partial charge in [0.15, 0.2) is 11.5 Å². The highest BCUT2D eigenvalue weighted by atomic mass is 79.9. The fourth-order valence-electron chi connectivity index (χ4n) is 4.86. The third kappa shape index (κ3) is 3.16. The molecule has 2 unspecified atom stereocenters. The smallest absolute Gasteiger partial charge is 0.164 e. The van der Waals surface area contributed by atoms with Gasteiger partial charge in [0.25, 0.3) is 0 Å². The van der Waals surface area contributed by atoms with Crippen molar-refractivity contribution in [2.24, 2.45) is 0 Å². The number of para-hydroxylation sites is 1. The molecule has 1 N–H and O–H groups in total. The van der Waals surface area contributed by atoms with E-state index in [2.05, 4.69) is 51.2 Å². The van der Waals surface area contributed by atoms with Crippen LogP contribution < -0.4 is 9.47 Å². The quantitative estimate of drug-likeness (QED) is 0.781. The largest absolute Gasteiger partial charge is 0.486 e. The Bertz CT molecular complexity index is 847. The molecule has 2 atom stereocenters. The zero-order valence-electron chi connectivity index (χ0n) is 15.2. The number of likely N-dealkylation sites (tertiary alicyclic amines) is 1. The van der Waals surface area contributed by atoms with Crippen LogP contribution in [0.1, 0.15) is 41.6 Å². The van der Waals surface area contributed by atoms with Crippen molar-refractivity contribution >= 4 is 15.9 Å². The number of hydrogen-bond acceptors (Lipinski definition) is 4. The molecule has 4 nitrogen and oxygen atoms in total. The molecular formula is C22H24BrNO3. The van der Waals surface area contributed by atoms with E-state index >= 15 is 0 Å². The monoisotopic (exact) mass is 429 g/mol. The van der Waals surface area contributed by atoms with E-state index in [1.54, 1.807) is 0 Å². The average Bonchev–Trinajstić information content (AvgIpc) is 3.04. The molecule has 1 aliphatic carbocycles. The molecule has 5 rings (SSSR count). The van der Waals surface area contributed by atoms with Crippen LogP contribution in [-0.4, -0.2) is 42.4 Å². The van der Waals surface area contributed by atoms with Crippen molar-refractivity contribution in [2.45, 2.75) is 37.3 Å². The van der Waals surface area contributed by atoms with Crippen LogP contribution in [0.2, 0.25) is 0 Å². The van der Waals surface area contributed by atoms with Crippen molar-refractivity contribution in [3.63, 3.8) is 0 Å². The van der Waals surface area contributed by atoms with Crippen molar-refractivity contribution in [3.05, 3.63) is 57.6 Å². The van der Waals surface area contributed by atoms with E-state index in [0.717, 1.165) is 53.9 Å². The molecule has 142 valence electrons. The summed E-state index contributed by atoms with van der Waals surface area (Å²) in [6.07, 6.45) is 2.72. The maximum atomic E-state index is 10.9. The summed E-state index contributed by atoms with van der Waals surface area (Å²) < 4.78 is 12.7. The standard InChI is InChI=1S/C22H24BrNO3/c23-16-5-4-15-12-19(21(25)18(15)13-16)24-8-6-14(7-9-24)17-2-1-3-20-22(17)27-11-10-26-20/h1-5,13-14,19,21,25H,6-12H2. The number of rotatable bonds is 2. The van der Waals surface area contributed by atoms with Gasteiger partial charge in [-0.1, -0.05) is 34.1 Å². The predicted octanol–water partition coefficient (Wildman–Crippen LogP) is 4.06. The van der Waals surface area contributed by atoms with E-state index in [9.17, 15) is 5.11 Å². The van der Waals surface area contributed by atoms with Gasteiger partial charge in [-0.15, -0.1) is 0 Å². The summed E-state index contributed by atoms with van der Waals surface area (Å²) in [7, 11) is 0. The third-order valence-corrected chi connectivity index (χ3v) is 6.75. The molecule has 5 heteroatoms. The van der Waals surface area contributed by atoms with Crippen LogP contribution in [0, 0.1) is 0 Å². The van der Waals surface area contributed by atoms with Crippen molar-refractivity contribution in [1.82, 2.24) is 4.90 Å². The first kappa shape index (κ1) is 17.5. The van der Waals surface area contributed by atoms with Gasteiger partial charge in [0, 0.05) is 16.1 Å². The van der Waals surface area contributed by atoms with E-state index in [1.807, 2.05) is 6.07 Å². The van der Waals surface area contributed by atoms with Crippen LogP contribution in [0.3, 0.4) is 0 Å². The minimum Gasteiger partial charge on any atom is -0.486 e. The number of aliphatic hydroxyl groups is 1. The summed E-state index contributed by atoms with van der Waals surface area (Å²) in [5, 5.41) is 10.9. The molecular weight excluding hydrogens is 406 g/mol. The number of halogens is 1. The van der Waals surface area contributed by atoms with Crippen LogP contribution >= 0.6 is 15.9 Å². The lowest BCUT2D eigenvalue weighted by Crippen LogP contribution is -2.43. The molecule has 3 aliphatic rings. The molecule has 0 radical (unpaired) electrons. The van der Waals surface area contributed by atoms with Crippen molar-refractivity contribution in [3.8, 4) is 11.5 Å². The Morgan fingerprint density at radius 3 is 2.67 bits per heavy atom. The lowest BCUT2D eigenvalue weighted by atomic mass is 9.87. The van der Waals surface area contributed by atoms with Gasteiger partial charge in [0.1, 0.15) is 13.2 Å². The molecule has 2 aromatic carbocycles.